The number of nitrogens with one attached hydrogen (secondary N) is 2. The minimum absolute atomic E-state index is 0.112. The topological polar surface area (TPSA) is 61.5 Å². The zero-order valence-electron chi connectivity index (χ0n) is 14.6. The summed E-state index contributed by atoms with van der Waals surface area (Å²) < 4.78 is 26.7. The van der Waals surface area contributed by atoms with Crippen LogP contribution in [-0.2, 0) is 11.2 Å². The van der Waals surface area contributed by atoms with E-state index >= 15 is 0 Å². The Balaban J connectivity index is 1.45. The summed E-state index contributed by atoms with van der Waals surface area (Å²) in [6.45, 7) is 2.51. The molecule has 0 fully saturated rings. The SMILES string of the molecule is C[C@H]([NH2+]CC(=O)NCCc1c[nH]c2ccccc12)c1ccc(F)cc1F. The number of rotatable bonds is 7. The van der Waals surface area contributed by atoms with Gasteiger partial charge in [-0.2, -0.15) is 0 Å². The number of aromatic nitrogens is 1. The van der Waals surface area contributed by atoms with Crippen LogP contribution in [-0.4, -0.2) is 24.0 Å². The van der Waals surface area contributed by atoms with Crippen molar-refractivity contribution in [2.45, 2.75) is 19.4 Å². The molecule has 4 nitrogen and oxygen atoms in total. The fourth-order valence-electron chi connectivity index (χ4n) is 3.03. The Bertz CT molecular complexity index is 907. The van der Waals surface area contributed by atoms with E-state index in [4.69, 9.17) is 0 Å². The molecule has 0 unspecified atom stereocenters. The maximum atomic E-state index is 13.7. The number of fused-ring (bicyclic) bond motifs is 1. The summed E-state index contributed by atoms with van der Waals surface area (Å²) in [5.41, 5.74) is 2.63. The van der Waals surface area contributed by atoms with Gasteiger partial charge in [0.25, 0.3) is 5.91 Å². The molecule has 0 radical (unpaired) electrons. The van der Waals surface area contributed by atoms with E-state index in [1.165, 1.54) is 12.1 Å². The molecule has 3 aromatic rings. The number of amides is 1. The Morgan fingerprint density at radius 1 is 1.23 bits per heavy atom. The monoisotopic (exact) mass is 358 g/mol. The predicted octanol–water partition coefficient (Wildman–Crippen LogP) is 2.43. The van der Waals surface area contributed by atoms with E-state index in [9.17, 15) is 13.6 Å². The third kappa shape index (κ3) is 4.26. The van der Waals surface area contributed by atoms with Gasteiger partial charge in [-0.3, -0.25) is 4.79 Å². The molecule has 136 valence electrons. The van der Waals surface area contributed by atoms with Crippen molar-refractivity contribution in [3.05, 3.63) is 71.4 Å². The first-order valence-corrected chi connectivity index (χ1v) is 8.64. The second-order valence-corrected chi connectivity index (χ2v) is 6.35. The summed E-state index contributed by atoms with van der Waals surface area (Å²) in [5.74, 6) is -1.30. The van der Waals surface area contributed by atoms with Gasteiger partial charge in [-0.25, -0.2) is 8.78 Å². The molecule has 4 N–H and O–H groups in total. The number of nitrogens with two attached hydrogens (primary N) is 1. The van der Waals surface area contributed by atoms with Gasteiger partial charge in [0.15, 0.2) is 6.54 Å². The van der Waals surface area contributed by atoms with Crippen LogP contribution in [0.3, 0.4) is 0 Å². The predicted molar refractivity (Wildman–Crippen MR) is 96.6 cm³/mol. The first-order valence-electron chi connectivity index (χ1n) is 8.64. The second kappa shape index (κ2) is 8.10. The summed E-state index contributed by atoms with van der Waals surface area (Å²) in [4.78, 5) is 15.2. The number of carbonyl (C=O) groups is 1. The highest BCUT2D eigenvalue weighted by molar-refractivity contribution is 5.83. The van der Waals surface area contributed by atoms with Crippen molar-refractivity contribution >= 4 is 16.8 Å². The van der Waals surface area contributed by atoms with Crippen LogP contribution in [0.2, 0.25) is 0 Å². The molecule has 1 amide bonds. The van der Waals surface area contributed by atoms with Crippen LogP contribution in [0.5, 0.6) is 0 Å². The van der Waals surface area contributed by atoms with Gasteiger partial charge < -0.3 is 15.6 Å². The molecule has 0 saturated carbocycles. The Kier molecular flexibility index (Phi) is 5.63. The lowest BCUT2D eigenvalue weighted by Gasteiger charge is -2.12. The fraction of sp³-hybridized carbons (Fsp3) is 0.250. The largest absolute Gasteiger partial charge is 0.361 e. The number of carbonyl (C=O) groups excluding carboxylic acids is 1. The smallest absolute Gasteiger partial charge is 0.275 e. The first kappa shape index (κ1) is 18.1. The van der Waals surface area contributed by atoms with Gasteiger partial charge in [-0.1, -0.05) is 18.2 Å². The molecule has 3 rings (SSSR count). The van der Waals surface area contributed by atoms with E-state index in [-0.39, 0.29) is 18.5 Å². The number of hydrogen-bond donors (Lipinski definition) is 3. The number of quaternary nitrogens is 1. The molecule has 0 aliphatic rings. The number of halogens is 2. The fourth-order valence-corrected chi connectivity index (χ4v) is 3.03. The Hall–Kier alpha value is -2.73. The van der Waals surface area contributed by atoms with E-state index in [0.717, 1.165) is 29.0 Å². The zero-order valence-corrected chi connectivity index (χ0v) is 14.6. The third-order valence-electron chi connectivity index (χ3n) is 4.50. The van der Waals surface area contributed by atoms with Gasteiger partial charge in [-0.15, -0.1) is 0 Å². The van der Waals surface area contributed by atoms with Crippen LogP contribution in [0.15, 0.2) is 48.7 Å². The molecule has 6 heteroatoms. The van der Waals surface area contributed by atoms with Crippen molar-refractivity contribution in [2.24, 2.45) is 0 Å². The number of aromatic amines is 1. The average molecular weight is 358 g/mol. The summed E-state index contributed by atoms with van der Waals surface area (Å²) in [5, 5.41) is 5.77. The standard InChI is InChI=1S/C20H21F2N3O/c1-13(16-7-6-15(21)10-18(16)22)24-12-20(26)23-9-8-14-11-25-19-5-3-2-4-17(14)19/h2-7,10-11,13,24-25H,8-9,12H2,1H3,(H,23,26)/p+1/t13-/m0/s1. The Morgan fingerprint density at radius 3 is 2.85 bits per heavy atom. The van der Waals surface area contributed by atoms with Gasteiger partial charge in [0.05, 0.1) is 0 Å². The normalized spacial score (nSPS) is 12.3. The van der Waals surface area contributed by atoms with Crippen molar-refractivity contribution in [2.75, 3.05) is 13.1 Å². The Labute approximate surface area is 150 Å². The van der Waals surface area contributed by atoms with Crippen LogP contribution >= 0.6 is 0 Å². The Morgan fingerprint density at radius 2 is 2.04 bits per heavy atom. The van der Waals surface area contributed by atoms with Crippen molar-refractivity contribution in [3.63, 3.8) is 0 Å². The van der Waals surface area contributed by atoms with Crippen molar-refractivity contribution in [1.29, 1.82) is 0 Å². The summed E-state index contributed by atoms with van der Waals surface area (Å²) in [6.07, 6.45) is 2.69. The van der Waals surface area contributed by atoms with E-state index in [2.05, 4.69) is 16.4 Å². The second-order valence-electron chi connectivity index (χ2n) is 6.35. The van der Waals surface area contributed by atoms with E-state index in [0.29, 0.717) is 12.1 Å². The molecule has 0 aliphatic carbocycles. The number of para-hydroxylation sites is 1. The molecule has 0 aliphatic heterocycles. The summed E-state index contributed by atoms with van der Waals surface area (Å²) in [6, 6.07) is 11.3. The number of hydrogen-bond acceptors (Lipinski definition) is 1. The van der Waals surface area contributed by atoms with Crippen LogP contribution in [0.25, 0.3) is 10.9 Å². The molecule has 0 saturated heterocycles. The number of H-pyrrole nitrogens is 1. The lowest BCUT2D eigenvalue weighted by molar-refractivity contribution is -0.682. The highest BCUT2D eigenvalue weighted by Crippen LogP contribution is 2.17. The number of benzene rings is 2. The molecule has 2 aromatic carbocycles. The summed E-state index contributed by atoms with van der Waals surface area (Å²) in [7, 11) is 0. The molecule has 1 aromatic heterocycles. The maximum Gasteiger partial charge on any atom is 0.275 e. The van der Waals surface area contributed by atoms with Gasteiger partial charge in [0.2, 0.25) is 0 Å². The van der Waals surface area contributed by atoms with E-state index < -0.39 is 11.6 Å². The lowest BCUT2D eigenvalue weighted by atomic mass is 10.1. The van der Waals surface area contributed by atoms with Crippen LogP contribution in [0.1, 0.15) is 24.1 Å². The first-order chi connectivity index (χ1) is 12.5. The minimum atomic E-state index is -0.603. The van der Waals surface area contributed by atoms with Crippen molar-refractivity contribution < 1.29 is 18.9 Å². The van der Waals surface area contributed by atoms with Gasteiger partial charge in [-0.05, 0) is 37.1 Å². The van der Waals surface area contributed by atoms with Crippen LogP contribution in [0, 0.1) is 11.6 Å². The van der Waals surface area contributed by atoms with Gasteiger partial charge in [0, 0.05) is 35.3 Å². The molecule has 0 bridgehead atoms. The third-order valence-corrected chi connectivity index (χ3v) is 4.50. The highest BCUT2D eigenvalue weighted by atomic mass is 19.1. The zero-order chi connectivity index (χ0) is 18.5. The van der Waals surface area contributed by atoms with Crippen molar-refractivity contribution in [3.8, 4) is 0 Å². The molecule has 26 heavy (non-hydrogen) atoms. The molecule has 0 spiro atoms. The van der Waals surface area contributed by atoms with Gasteiger partial charge in [0.1, 0.15) is 17.7 Å². The molecular weight excluding hydrogens is 336 g/mol. The van der Waals surface area contributed by atoms with Gasteiger partial charge >= 0.3 is 0 Å². The summed E-state index contributed by atoms with van der Waals surface area (Å²) >= 11 is 0. The van der Waals surface area contributed by atoms with E-state index in [1.807, 2.05) is 24.4 Å². The minimum Gasteiger partial charge on any atom is -0.361 e. The lowest BCUT2D eigenvalue weighted by Crippen LogP contribution is -2.87. The highest BCUT2D eigenvalue weighted by Gasteiger charge is 2.16. The van der Waals surface area contributed by atoms with Crippen LogP contribution in [0.4, 0.5) is 8.78 Å². The molecular formula is C20H22F2N3O+. The molecule has 1 atom stereocenters. The van der Waals surface area contributed by atoms with Crippen LogP contribution < -0.4 is 10.6 Å². The van der Waals surface area contributed by atoms with E-state index in [1.54, 1.807) is 12.2 Å². The molecule has 1 heterocycles. The van der Waals surface area contributed by atoms with Crippen molar-refractivity contribution in [1.82, 2.24) is 10.3 Å². The average Bonchev–Trinajstić information content (AvgIpc) is 3.03. The maximum absolute atomic E-state index is 13.7. The quantitative estimate of drug-likeness (QED) is 0.597.